The molecular weight excluding hydrogens is 271 g/mol. The van der Waals surface area contributed by atoms with E-state index in [9.17, 15) is 0 Å². The van der Waals surface area contributed by atoms with Gasteiger partial charge < -0.3 is 4.74 Å². The largest absolute Gasteiger partial charge is 0.382 e. The molecule has 0 saturated heterocycles. The Morgan fingerprint density at radius 2 is 2.06 bits per heavy atom. The summed E-state index contributed by atoms with van der Waals surface area (Å²) >= 11 is 12.7. The molecule has 0 radical (unpaired) electrons. The lowest BCUT2D eigenvalue weighted by atomic mass is 10.1. The van der Waals surface area contributed by atoms with E-state index in [0.717, 1.165) is 48.8 Å². The SMILES string of the molecule is CCOCCC(Cl)Cc1c(Cl)c(CC)nn1CC. The molecule has 0 aliphatic carbocycles. The van der Waals surface area contributed by atoms with Crippen molar-refractivity contribution in [1.82, 2.24) is 9.78 Å². The van der Waals surface area contributed by atoms with Crippen LogP contribution in [0.25, 0.3) is 0 Å². The summed E-state index contributed by atoms with van der Waals surface area (Å²) < 4.78 is 7.27. The molecule has 0 aromatic carbocycles. The lowest BCUT2D eigenvalue weighted by Gasteiger charge is -2.11. The Hall–Kier alpha value is -0.250. The van der Waals surface area contributed by atoms with E-state index in [1.807, 2.05) is 11.6 Å². The van der Waals surface area contributed by atoms with E-state index in [1.54, 1.807) is 0 Å². The lowest BCUT2D eigenvalue weighted by Crippen LogP contribution is -2.12. The van der Waals surface area contributed by atoms with E-state index < -0.39 is 0 Å². The summed E-state index contributed by atoms with van der Waals surface area (Å²) in [6.45, 7) is 8.37. The molecule has 0 spiro atoms. The molecule has 0 bridgehead atoms. The van der Waals surface area contributed by atoms with Gasteiger partial charge in [0.2, 0.25) is 0 Å². The fourth-order valence-electron chi connectivity index (χ4n) is 1.88. The van der Waals surface area contributed by atoms with Crippen molar-refractivity contribution < 1.29 is 4.74 Å². The summed E-state index contributed by atoms with van der Waals surface area (Å²) in [5.74, 6) is 0. The number of hydrogen-bond donors (Lipinski definition) is 0. The topological polar surface area (TPSA) is 27.1 Å². The third-order valence-electron chi connectivity index (χ3n) is 2.89. The number of rotatable bonds is 8. The number of ether oxygens (including phenoxy) is 1. The zero-order chi connectivity index (χ0) is 13.5. The average Bonchev–Trinajstić information content (AvgIpc) is 2.66. The monoisotopic (exact) mass is 292 g/mol. The third-order valence-corrected chi connectivity index (χ3v) is 3.70. The van der Waals surface area contributed by atoms with Crippen molar-refractivity contribution in [2.45, 2.75) is 52.0 Å². The second-order valence-corrected chi connectivity index (χ2v) is 5.16. The van der Waals surface area contributed by atoms with Gasteiger partial charge in [-0.05, 0) is 26.7 Å². The highest BCUT2D eigenvalue weighted by Crippen LogP contribution is 2.24. The number of halogens is 2. The number of hydrogen-bond acceptors (Lipinski definition) is 2. The maximum atomic E-state index is 6.34. The summed E-state index contributed by atoms with van der Waals surface area (Å²) in [6, 6.07) is 0. The Morgan fingerprint density at radius 1 is 1.33 bits per heavy atom. The molecule has 1 unspecified atom stereocenters. The van der Waals surface area contributed by atoms with E-state index in [0.29, 0.717) is 6.61 Å². The van der Waals surface area contributed by atoms with E-state index in [1.165, 1.54) is 0 Å². The van der Waals surface area contributed by atoms with Gasteiger partial charge in [-0.3, -0.25) is 4.68 Å². The van der Waals surface area contributed by atoms with Crippen molar-refractivity contribution in [3.05, 3.63) is 16.4 Å². The molecule has 104 valence electrons. The van der Waals surface area contributed by atoms with Crippen LogP contribution in [0, 0.1) is 0 Å². The van der Waals surface area contributed by atoms with Gasteiger partial charge >= 0.3 is 0 Å². The fourth-order valence-corrected chi connectivity index (χ4v) is 2.46. The highest BCUT2D eigenvalue weighted by Gasteiger charge is 2.17. The molecule has 1 aromatic heterocycles. The molecule has 1 heterocycles. The minimum atomic E-state index is 0.0424. The highest BCUT2D eigenvalue weighted by atomic mass is 35.5. The summed E-state index contributed by atoms with van der Waals surface area (Å²) in [5, 5.41) is 5.31. The maximum absolute atomic E-state index is 6.34. The predicted octanol–water partition coefficient (Wildman–Crippen LogP) is 3.70. The van der Waals surface area contributed by atoms with Crippen molar-refractivity contribution in [2.24, 2.45) is 0 Å². The van der Waals surface area contributed by atoms with Crippen LogP contribution in [0.4, 0.5) is 0 Å². The van der Waals surface area contributed by atoms with Crippen LogP contribution in [0.2, 0.25) is 5.02 Å². The molecule has 18 heavy (non-hydrogen) atoms. The van der Waals surface area contributed by atoms with Crippen LogP contribution in [-0.2, 0) is 24.1 Å². The van der Waals surface area contributed by atoms with Gasteiger partial charge in [0, 0.05) is 31.6 Å². The van der Waals surface area contributed by atoms with E-state index in [2.05, 4.69) is 18.9 Å². The Morgan fingerprint density at radius 3 is 2.61 bits per heavy atom. The third kappa shape index (κ3) is 4.15. The molecule has 0 fully saturated rings. The molecule has 1 aromatic rings. The molecule has 5 heteroatoms. The van der Waals surface area contributed by atoms with Crippen LogP contribution in [0.1, 0.15) is 38.6 Å². The summed E-state index contributed by atoms with van der Waals surface area (Å²) in [5.41, 5.74) is 2.01. The van der Waals surface area contributed by atoms with E-state index in [-0.39, 0.29) is 5.38 Å². The maximum Gasteiger partial charge on any atom is 0.0850 e. The van der Waals surface area contributed by atoms with E-state index >= 15 is 0 Å². The van der Waals surface area contributed by atoms with Gasteiger partial charge in [0.15, 0.2) is 0 Å². The standard InChI is InChI=1S/C13H22Cl2N2O/c1-4-11-13(15)12(17(5-2)16-11)9-10(14)7-8-18-6-3/h10H,4-9H2,1-3H3. The zero-order valence-electron chi connectivity index (χ0n) is 11.4. The predicted molar refractivity (Wildman–Crippen MR) is 76.7 cm³/mol. The van der Waals surface area contributed by atoms with Gasteiger partial charge in [-0.2, -0.15) is 5.10 Å². The molecule has 0 saturated carbocycles. The Labute approximate surface area is 119 Å². The Bertz CT molecular complexity index is 366. The minimum absolute atomic E-state index is 0.0424. The van der Waals surface area contributed by atoms with Crippen LogP contribution in [0.3, 0.4) is 0 Å². The Balaban J connectivity index is 2.67. The summed E-state index contributed by atoms with van der Waals surface area (Å²) in [6.07, 6.45) is 2.43. The van der Waals surface area contributed by atoms with Gasteiger partial charge in [0.05, 0.1) is 16.4 Å². The second kappa shape index (κ2) is 8.03. The normalized spacial score (nSPS) is 12.9. The van der Waals surface area contributed by atoms with Gasteiger partial charge in [0.25, 0.3) is 0 Å². The first kappa shape index (κ1) is 15.8. The molecule has 0 aliphatic heterocycles. The van der Waals surface area contributed by atoms with Crippen LogP contribution < -0.4 is 0 Å². The summed E-state index contributed by atoms with van der Waals surface area (Å²) in [7, 11) is 0. The smallest absolute Gasteiger partial charge is 0.0850 e. The van der Waals surface area contributed by atoms with Crippen LogP contribution in [0.5, 0.6) is 0 Å². The molecule has 1 rings (SSSR count). The molecule has 0 N–H and O–H groups in total. The van der Waals surface area contributed by atoms with Gasteiger partial charge in [0.1, 0.15) is 0 Å². The van der Waals surface area contributed by atoms with Crippen LogP contribution in [0.15, 0.2) is 0 Å². The minimum Gasteiger partial charge on any atom is -0.382 e. The fraction of sp³-hybridized carbons (Fsp3) is 0.769. The van der Waals surface area contributed by atoms with Gasteiger partial charge in [-0.15, -0.1) is 11.6 Å². The average molecular weight is 293 g/mol. The quantitative estimate of drug-likeness (QED) is 0.540. The van der Waals surface area contributed by atoms with Crippen LogP contribution >= 0.6 is 23.2 Å². The van der Waals surface area contributed by atoms with Crippen molar-refractivity contribution in [3.63, 3.8) is 0 Å². The molecular formula is C13H22Cl2N2O. The second-order valence-electron chi connectivity index (χ2n) is 4.16. The molecule has 3 nitrogen and oxygen atoms in total. The number of alkyl halides is 1. The summed E-state index contributed by atoms with van der Waals surface area (Å²) in [4.78, 5) is 0. The van der Waals surface area contributed by atoms with Gasteiger partial charge in [-0.25, -0.2) is 0 Å². The number of aryl methyl sites for hydroxylation is 2. The first-order chi connectivity index (χ1) is 8.63. The number of aromatic nitrogens is 2. The first-order valence-corrected chi connectivity index (χ1v) is 7.41. The molecule has 0 amide bonds. The van der Waals surface area contributed by atoms with E-state index in [4.69, 9.17) is 27.9 Å². The number of nitrogens with zero attached hydrogens (tertiary/aromatic N) is 2. The van der Waals surface area contributed by atoms with Gasteiger partial charge in [-0.1, -0.05) is 18.5 Å². The lowest BCUT2D eigenvalue weighted by molar-refractivity contribution is 0.144. The van der Waals surface area contributed by atoms with Crippen molar-refractivity contribution >= 4 is 23.2 Å². The Kier molecular flexibility index (Phi) is 7.05. The van der Waals surface area contributed by atoms with Crippen molar-refractivity contribution in [1.29, 1.82) is 0 Å². The van der Waals surface area contributed by atoms with Crippen LogP contribution in [-0.4, -0.2) is 28.4 Å². The van der Waals surface area contributed by atoms with Crippen molar-refractivity contribution in [2.75, 3.05) is 13.2 Å². The van der Waals surface area contributed by atoms with Crippen molar-refractivity contribution in [3.8, 4) is 0 Å². The molecule has 0 aliphatic rings. The molecule has 1 atom stereocenters. The zero-order valence-corrected chi connectivity index (χ0v) is 12.9. The highest BCUT2D eigenvalue weighted by molar-refractivity contribution is 6.32. The first-order valence-electron chi connectivity index (χ1n) is 6.59.